The fraction of sp³-hybridized carbons (Fsp3) is 0.367. The molecule has 0 bridgehead atoms. The molecule has 37 heavy (non-hydrogen) atoms. The number of nitrogens with one attached hydrogen (secondary N) is 2. The number of aryl methyl sites for hydroxylation is 1. The molecule has 3 rings (SSSR count). The number of rotatable bonds is 10. The average Bonchev–Trinajstić information content (AvgIpc) is 3.41. The number of benzene rings is 2. The maximum Gasteiger partial charge on any atom is 0.261 e. The molecule has 0 unspecified atom stereocenters. The Bertz CT molecular complexity index is 1200. The van der Waals surface area contributed by atoms with E-state index in [1.165, 1.54) is 16.2 Å². The molecule has 196 valence electrons. The molecule has 2 N–H and O–H groups in total. The monoisotopic (exact) mass is 519 g/mol. The van der Waals surface area contributed by atoms with Crippen LogP contribution in [0.2, 0.25) is 0 Å². The first-order valence-electron chi connectivity index (χ1n) is 12.6. The quantitative estimate of drug-likeness (QED) is 0.345. The predicted octanol–water partition coefficient (Wildman–Crippen LogP) is 5.99. The smallest absolute Gasteiger partial charge is 0.261 e. The summed E-state index contributed by atoms with van der Waals surface area (Å²) in [5.41, 5.74) is 3.02. The fourth-order valence-electron chi connectivity index (χ4n) is 3.85. The van der Waals surface area contributed by atoms with Crippen molar-refractivity contribution in [1.29, 1.82) is 0 Å². The molecule has 0 aliphatic heterocycles. The lowest BCUT2D eigenvalue weighted by atomic mass is 9.97. The highest BCUT2D eigenvalue weighted by atomic mass is 32.1. The van der Waals surface area contributed by atoms with Gasteiger partial charge < -0.3 is 10.6 Å². The number of carbonyl (C=O) groups is 3. The maximum absolute atomic E-state index is 13.8. The van der Waals surface area contributed by atoms with Gasteiger partial charge in [0.15, 0.2) is 0 Å². The molecule has 7 heteroatoms. The van der Waals surface area contributed by atoms with Crippen molar-refractivity contribution in [3.63, 3.8) is 0 Å². The van der Waals surface area contributed by atoms with Crippen LogP contribution < -0.4 is 15.5 Å². The summed E-state index contributed by atoms with van der Waals surface area (Å²) in [6.07, 6.45) is 0.729. The standard InChI is InChI=1S/C30H37N3O3S/c1-7-30(5,6)32-29(36)27(23-12-10-21(4)11-13-23)33(24-16-14-22(15-17-24)20(2)3)26(34)19-31-28(35)25-9-8-18-37-25/h8-18,20,27H,7,19H2,1-6H3,(H,31,35)(H,32,36)/t27-/m1/s1. The molecule has 0 aliphatic carbocycles. The molecule has 0 saturated heterocycles. The van der Waals surface area contributed by atoms with Crippen molar-refractivity contribution in [3.05, 3.63) is 87.6 Å². The first-order chi connectivity index (χ1) is 17.5. The van der Waals surface area contributed by atoms with E-state index in [9.17, 15) is 14.4 Å². The fourth-order valence-corrected chi connectivity index (χ4v) is 4.49. The normalized spacial score (nSPS) is 12.2. The predicted molar refractivity (Wildman–Crippen MR) is 151 cm³/mol. The van der Waals surface area contributed by atoms with Gasteiger partial charge in [-0.15, -0.1) is 11.3 Å². The zero-order chi connectivity index (χ0) is 27.2. The summed E-state index contributed by atoms with van der Waals surface area (Å²) < 4.78 is 0. The third-order valence-electron chi connectivity index (χ3n) is 6.50. The number of amides is 3. The second-order valence-electron chi connectivity index (χ2n) is 10.2. The van der Waals surface area contributed by atoms with E-state index in [1.807, 2.05) is 81.6 Å². The first-order valence-corrected chi connectivity index (χ1v) is 13.5. The van der Waals surface area contributed by atoms with Crippen molar-refractivity contribution in [2.75, 3.05) is 11.4 Å². The van der Waals surface area contributed by atoms with Crippen LogP contribution in [0.3, 0.4) is 0 Å². The Morgan fingerprint density at radius 3 is 2.11 bits per heavy atom. The largest absolute Gasteiger partial charge is 0.349 e. The minimum Gasteiger partial charge on any atom is -0.349 e. The highest BCUT2D eigenvalue weighted by Gasteiger charge is 2.35. The van der Waals surface area contributed by atoms with Crippen molar-refractivity contribution >= 4 is 34.7 Å². The van der Waals surface area contributed by atoms with E-state index in [0.29, 0.717) is 22.0 Å². The highest BCUT2D eigenvalue weighted by molar-refractivity contribution is 7.12. The van der Waals surface area contributed by atoms with Crippen molar-refractivity contribution in [2.45, 2.75) is 65.5 Å². The van der Waals surface area contributed by atoms with Crippen LogP contribution in [-0.2, 0) is 9.59 Å². The molecule has 1 atom stereocenters. The highest BCUT2D eigenvalue weighted by Crippen LogP contribution is 2.30. The summed E-state index contributed by atoms with van der Waals surface area (Å²) in [5.74, 6) is -0.648. The van der Waals surface area contributed by atoms with Crippen LogP contribution in [0, 0.1) is 6.92 Å². The van der Waals surface area contributed by atoms with Gasteiger partial charge >= 0.3 is 0 Å². The summed E-state index contributed by atoms with van der Waals surface area (Å²) >= 11 is 1.31. The number of carbonyl (C=O) groups excluding carboxylic acids is 3. The van der Waals surface area contributed by atoms with E-state index in [2.05, 4.69) is 24.5 Å². The van der Waals surface area contributed by atoms with E-state index in [4.69, 9.17) is 0 Å². The summed E-state index contributed by atoms with van der Waals surface area (Å²) in [4.78, 5) is 42.2. The van der Waals surface area contributed by atoms with Crippen molar-refractivity contribution < 1.29 is 14.4 Å². The molecule has 0 radical (unpaired) electrons. The van der Waals surface area contributed by atoms with Gasteiger partial charge in [0.2, 0.25) is 11.8 Å². The topological polar surface area (TPSA) is 78.5 Å². The molecule has 0 saturated carbocycles. The SMILES string of the molecule is CCC(C)(C)NC(=O)[C@@H](c1ccc(C)cc1)N(C(=O)CNC(=O)c1cccs1)c1ccc(C(C)C)cc1. The van der Waals surface area contributed by atoms with Crippen LogP contribution in [0.5, 0.6) is 0 Å². The number of thiophene rings is 1. The molecular formula is C30H37N3O3S. The van der Waals surface area contributed by atoms with Gasteiger partial charge in [-0.2, -0.15) is 0 Å². The molecular weight excluding hydrogens is 482 g/mol. The van der Waals surface area contributed by atoms with E-state index >= 15 is 0 Å². The molecule has 6 nitrogen and oxygen atoms in total. The third kappa shape index (κ3) is 7.29. The zero-order valence-corrected chi connectivity index (χ0v) is 23.3. The molecule has 3 aromatic rings. The summed E-state index contributed by atoms with van der Waals surface area (Å²) in [6.45, 7) is 11.9. The van der Waals surface area contributed by atoms with Crippen molar-refractivity contribution in [1.82, 2.24) is 10.6 Å². The van der Waals surface area contributed by atoms with Crippen LogP contribution in [0.15, 0.2) is 66.0 Å². The number of anilines is 1. The number of hydrogen-bond acceptors (Lipinski definition) is 4. The zero-order valence-electron chi connectivity index (χ0n) is 22.5. The minimum atomic E-state index is -0.914. The van der Waals surface area contributed by atoms with E-state index in [-0.39, 0.29) is 24.3 Å². The van der Waals surface area contributed by atoms with Gasteiger partial charge in [0.25, 0.3) is 5.91 Å². The Morgan fingerprint density at radius 2 is 1.57 bits per heavy atom. The van der Waals surface area contributed by atoms with Crippen LogP contribution in [0.25, 0.3) is 0 Å². The van der Waals surface area contributed by atoms with Gasteiger partial charge in [-0.3, -0.25) is 19.3 Å². The Hall–Kier alpha value is -3.45. The summed E-state index contributed by atoms with van der Waals surface area (Å²) in [7, 11) is 0. The second-order valence-corrected chi connectivity index (χ2v) is 11.2. The number of hydrogen-bond donors (Lipinski definition) is 2. The van der Waals surface area contributed by atoms with Crippen LogP contribution >= 0.6 is 11.3 Å². The molecule has 3 amide bonds. The van der Waals surface area contributed by atoms with Gasteiger partial charge in [-0.25, -0.2) is 0 Å². The second kappa shape index (κ2) is 12.2. The Balaban J connectivity index is 2.04. The molecule has 1 heterocycles. The summed E-state index contributed by atoms with van der Waals surface area (Å²) in [5, 5.41) is 7.66. The van der Waals surface area contributed by atoms with Gasteiger partial charge in [-0.1, -0.05) is 68.8 Å². The average molecular weight is 520 g/mol. The summed E-state index contributed by atoms with van der Waals surface area (Å²) in [6, 6.07) is 17.9. The van der Waals surface area contributed by atoms with Crippen molar-refractivity contribution in [3.8, 4) is 0 Å². The molecule has 0 fully saturated rings. The Morgan fingerprint density at radius 1 is 0.946 bits per heavy atom. The van der Waals surface area contributed by atoms with E-state index in [0.717, 1.165) is 17.5 Å². The van der Waals surface area contributed by atoms with Crippen LogP contribution in [-0.4, -0.2) is 29.8 Å². The van der Waals surface area contributed by atoms with Crippen LogP contribution in [0.4, 0.5) is 5.69 Å². The molecule has 0 aliphatic rings. The minimum absolute atomic E-state index is 0.241. The van der Waals surface area contributed by atoms with Crippen molar-refractivity contribution in [2.24, 2.45) is 0 Å². The molecule has 2 aromatic carbocycles. The van der Waals surface area contributed by atoms with Gasteiger partial charge in [0.05, 0.1) is 11.4 Å². The maximum atomic E-state index is 13.8. The Labute approximate surface area is 224 Å². The van der Waals surface area contributed by atoms with Gasteiger partial charge in [0, 0.05) is 11.2 Å². The molecule has 1 aromatic heterocycles. The van der Waals surface area contributed by atoms with E-state index in [1.54, 1.807) is 12.1 Å². The lowest BCUT2D eigenvalue weighted by Gasteiger charge is -2.35. The Kier molecular flexibility index (Phi) is 9.27. The third-order valence-corrected chi connectivity index (χ3v) is 7.37. The first kappa shape index (κ1) is 28.1. The number of nitrogens with zero attached hydrogens (tertiary/aromatic N) is 1. The lowest BCUT2D eigenvalue weighted by molar-refractivity contribution is -0.127. The van der Waals surface area contributed by atoms with E-state index < -0.39 is 11.6 Å². The van der Waals surface area contributed by atoms with Gasteiger partial charge in [0.1, 0.15) is 6.04 Å². The lowest BCUT2D eigenvalue weighted by Crippen LogP contribution is -2.52. The van der Waals surface area contributed by atoms with Gasteiger partial charge in [-0.05, 0) is 67.8 Å². The molecule has 0 spiro atoms. The van der Waals surface area contributed by atoms with Crippen LogP contribution in [0.1, 0.15) is 79.4 Å².